The maximum Gasteiger partial charge on any atom is 0.274 e. The molecule has 1 saturated heterocycles. The lowest BCUT2D eigenvalue weighted by Crippen LogP contribution is -2.44. The highest BCUT2D eigenvalue weighted by Gasteiger charge is 2.34. The molecule has 1 atom stereocenters. The highest BCUT2D eigenvalue weighted by Crippen LogP contribution is 2.27. The quantitative estimate of drug-likeness (QED) is 0.785. The van der Waals surface area contributed by atoms with Gasteiger partial charge in [-0.15, -0.1) is 0 Å². The lowest BCUT2D eigenvalue weighted by Gasteiger charge is -2.34. The molecule has 0 spiro atoms. The van der Waals surface area contributed by atoms with Gasteiger partial charge < -0.3 is 14.4 Å². The number of aryl methyl sites for hydroxylation is 1. The van der Waals surface area contributed by atoms with Gasteiger partial charge in [-0.2, -0.15) is 5.10 Å². The van der Waals surface area contributed by atoms with Crippen molar-refractivity contribution in [3.05, 3.63) is 60.2 Å². The van der Waals surface area contributed by atoms with Gasteiger partial charge in [0.2, 0.25) is 0 Å². The van der Waals surface area contributed by atoms with Gasteiger partial charge in [-0.05, 0) is 42.0 Å². The molecule has 1 N–H and O–H groups in total. The number of aromatic nitrogens is 3. The van der Waals surface area contributed by atoms with Crippen LogP contribution in [0.1, 0.15) is 49.7 Å². The molecule has 2 aromatic rings. The van der Waals surface area contributed by atoms with Gasteiger partial charge >= 0.3 is 0 Å². The van der Waals surface area contributed by atoms with Crippen LogP contribution in [0, 0.1) is 5.92 Å². The van der Waals surface area contributed by atoms with Crippen molar-refractivity contribution in [2.75, 3.05) is 13.1 Å². The highest BCUT2D eigenvalue weighted by molar-refractivity contribution is 5.93. The first kappa shape index (κ1) is 21.4. The molecule has 0 radical (unpaired) electrons. The molecule has 33 heavy (non-hydrogen) atoms. The maximum atomic E-state index is 13.2. The molecule has 0 aliphatic carbocycles. The molecule has 3 aliphatic rings. The van der Waals surface area contributed by atoms with Gasteiger partial charge in [0.25, 0.3) is 5.91 Å². The van der Waals surface area contributed by atoms with Crippen molar-refractivity contribution >= 4 is 11.7 Å². The van der Waals surface area contributed by atoms with Gasteiger partial charge in [-0.3, -0.25) is 15.2 Å². The molecule has 2 aromatic heterocycles. The summed E-state index contributed by atoms with van der Waals surface area (Å²) in [6.45, 7) is 7.90. The van der Waals surface area contributed by atoms with E-state index in [0.717, 1.165) is 24.4 Å². The van der Waals surface area contributed by atoms with Gasteiger partial charge in [-0.1, -0.05) is 32.9 Å². The lowest BCUT2D eigenvalue weighted by atomic mass is 9.88. The number of carbonyl (C=O) groups is 1. The number of rotatable bonds is 3. The summed E-state index contributed by atoms with van der Waals surface area (Å²) in [7, 11) is 1.91. The Balaban J connectivity index is 1.25. The number of nitrogens with zero attached hydrogens (tertiary/aromatic N) is 6. The van der Waals surface area contributed by atoms with E-state index in [4.69, 9.17) is 0 Å². The first-order valence-corrected chi connectivity index (χ1v) is 11.6. The van der Waals surface area contributed by atoms with E-state index in [2.05, 4.69) is 64.5 Å². The Labute approximate surface area is 194 Å². The topological polar surface area (TPSA) is 78.7 Å². The standard InChI is InChI=1S/C25H31N7O/c1-25(2,3)18-8-9-19(26-15-18)23-27-20(16-30(23)4)24(33)31-13-10-17(11-14-31)22-29-28-21-7-5-6-12-32(21)22/h5-9,12,15-17,21,28H,10-11,13-14H2,1-4H3. The molecular weight excluding hydrogens is 414 g/mol. The van der Waals surface area contributed by atoms with Crippen LogP contribution in [-0.4, -0.2) is 55.3 Å². The van der Waals surface area contributed by atoms with Gasteiger partial charge in [0.1, 0.15) is 23.4 Å². The maximum absolute atomic E-state index is 13.2. The second-order valence-electron chi connectivity index (χ2n) is 9.99. The first-order chi connectivity index (χ1) is 15.8. The van der Waals surface area contributed by atoms with E-state index in [1.54, 1.807) is 0 Å². The monoisotopic (exact) mass is 445 g/mol. The molecule has 1 fully saturated rings. The number of hydrazone groups is 1. The number of amides is 1. The Kier molecular flexibility index (Phi) is 5.31. The predicted octanol–water partition coefficient (Wildman–Crippen LogP) is 3.26. The number of fused-ring (bicyclic) bond motifs is 1. The summed E-state index contributed by atoms with van der Waals surface area (Å²) in [6.07, 6.45) is 13.8. The number of carbonyl (C=O) groups excluding carboxylic acids is 1. The van der Waals surface area contributed by atoms with Gasteiger partial charge in [0.15, 0.2) is 5.82 Å². The third-order valence-corrected chi connectivity index (χ3v) is 6.63. The second-order valence-corrected chi connectivity index (χ2v) is 9.99. The lowest BCUT2D eigenvalue weighted by molar-refractivity contribution is 0.0702. The molecule has 172 valence electrons. The van der Waals surface area contributed by atoms with Crippen LogP contribution in [0.2, 0.25) is 0 Å². The summed E-state index contributed by atoms with van der Waals surface area (Å²) in [5.74, 6) is 2.09. The van der Waals surface area contributed by atoms with Crippen LogP contribution in [0.3, 0.4) is 0 Å². The van der Waals surface area contributed by atoms with Crippen molar-refractivity contribution in [2.45, 2.75) is 45.2 Å². The van der Waals surface area contributed by atoms with Crippen LogP contribution in [0.5, 0.6) is 0 Å². The van der Waals surface area contributed by atoms with E-state index in [-0.39, 0.29) is 17.5 Å². The molecule has 0 aromatic carbocycles. The van der Waals surface area contributed by atoms with E-state index in [0.29, 0.717) is 30.5 Å². The first-order valence-electron chi connectivity index (χ1n) is 11.6. The van der Waals surface area contributed by atoms with E-state index in [1.807, 2.05) is 47.1 Å². The molecule has 5 rings (SSSR count). The van der Waals surface area contributed by atoms with Crippen LogP contribution in [0.4, 0.5) is 0 Å². The summed E-state index contributed by atoms with van der Waals surface area (Å²) in [5.41, 5.74) is 5.63. The molecule has 5 heterocycles. The fraction of sp³-hybridized carbons (Fsp3) is 0.440. The number of allylic oxidation sites excluding steroid dienone is 2. The van der Waals surface area contributed by atoms with Crippen molar-refractivity contribution in [2.24, 2.45) is 18.1 Å². The van der Waals surface area contributed by atoms with E-state index < -0.39 is 0 Å². The molecule has 0 bridgehead atoms. The smallest absolute Gasteiger partial charge is 0.274 e. The number of hydrogen-bond acceptors (Lipinski definition) is 6. The molecular formula is C25H31N7O. The molecule has 3 aliphatic heterocycles. The van der Waals surface area contributed by atoms with Crippen LogP contribution in [-0.2, 0) is 12.5 Å². The molecule has 1 unspecified atom stereocenters. The predicted molar refractivity (Wildman–Crippen MR) is 128 cm³/mol. The van der Waals surface area contributed by atoms with Crippen LogP contribution in [0.25, 0.3) is 11.5 Å². The van der Waals surface area contributed by atoms with Crippen LogP contribution >= 0.6 is 0 Å². The number of piperidine rings is 1. The van der Waals surface area contributed by atoms with E-state index in [9.17, 15) is 4.79 Å². The molecule has 8 nitrogen and oxygen atoms in total. The third kappa shape index (κ3) is 4.05. The van der Waals surface area contributed by atoms with Gasteiger partial charge in [0.05, 0.1) is 0 Å². The molecule has 1 amide bonds. The summed E-state index contributed by atoms with van der Waals surface area (Å²) < 4.78 is 1.88. The summed E-state index contributed by atoms with van der Waals surface area (Å²) in [5, 5.41) is 4.57. The van der Waals surface area contributed by atoms with Crippen molar-refractivity contribution in [3.63, 3.8) is 0 Å². The average molecular weight is 446 g/mol. The SMILES string of the molecule is Cn1cc(C(=O)N2CCC(C3=NNC4C=CC=CN34)CC2)nc1-c1ccc(C(C)(C)C)cn1. The van der Waals surface area contributed by atoms with Crippen molar-refractivity contribution in [3.8, 4) is 11.5 Å². The Morgan fingerprint density at radius 3 is 2.64 bits per heavy atom. The number of likely N-dealkylation sites (tertiary alicyclic amines) is 1. The van der Waals surface area contributed by atoms with Crippen molar-refractivity contribution < 1.29 is 4.79 Å². The Morgan fingerprint density at radius 1 is 1.15 bits per heavy atom. The fourth-order valence-corrected chi connectivity index (χ4v) is 4.59. The summed E-state index contributed by atoms with van der Waals surface area (Å²) in [4.78, 5) is 26.5. The van der Waals surface area contributed by atoms with Crippen molar-refractivity contribution in [1.82, 2.24) is 29.8 Å². The Hall–Kier alpha value is -3.42. The largest absolute Gasteiger partial charge is 0.337 e. The summed E-state index contributed by atoms with van der Waals surface area (Å²) >= 11 is 0. The van der Waals surface area contributed by atoms with Gasteiger partial charge in [0, 0.05) is 44.6 Å². The molecule has 0 saturated carbocycles. The zero-order valence-corrected chi connectivity index (χ0v) is 19.7. The number of hydrogen-bond donors (Lipinski definition) is 1. The number of imidazole rings is 1. The average Bonchev–Trinajstić information content (AvgIpc) is 3.42. The van der Waals surface area contributed by atoms with Crippen LogP contribution < -0.4 is 5.43 Å². The van der Waals surface area contributed by atoms with Gasteiger partial charge in [-0.25, -0.2) is 4.98 Å². The minimum absolute atomic E-state index is 0.0215. The third-order valence-electron chi connectivity index (χ3n) is 6.63. The number of nitrogens with one attached hydrogen (secondary N) is 1. The summed E-state index contributed by atoms with van der Waals surface area (Å²) in [6, 6.07) is 4.07. The number of amidine groups is 1. The Bertz CT molecular complexity index is 1130. The fourth-order valence-electron chi connectivity index (χ4n) is 4.59. The van der Waals surface area contributed by atoms with E-state index >= 15 is 0 Å². The zero-order chi connectivity index (χ0) is 23.2. The van der Waals surface area contributed by atoms with E-state index in [1.165, 1.54) is 5.56 Å². The Morgan fingerprint density at radius 2 is 1.94 bits per heavy atom. The highest BCUT2D eigenvalue weighted by atomic mass is 16.2. The minimum atomic E-state index is -0.0215. The minimum Gasteiger partial charge on any atom is -0.337 e. The van der Waals surface area contributed by atoms with Crippen molar-refractivity contribution in [1.29, 1.82) is 0 Å². The number of pyridine rings is 1. The molecule has 8 heteroatoms. The normalized spacial score (nSPS) is 20.6. The van der Waals surface area contributed by atoms with Crippen LogP contribution in [0.15, 0.2) is 54.1 Å². The second kappa shape index (κ2) is 8.17. The zero-order valence-electron chi connectivity index (χ0n) is 19.7.